The quantitative estimate of drug-likeness (QED) is 0.822. The van der Waals surface area contributed by atoms with Crippen molar-refractivity contribution in [2.24, 2.45) is 4.99 Å². The van der Waals surface area contributed by atoms with Crippen molar-refractivity contribution >= 4 is 23.0 Å². The van der Waals surface area contributed by atoms with Gasteiger partial charge in [-0.05, 0) is 26.7 Å². The van der Waals surface area contributed by atoms with Gasteiger partial charge in [-0.2, -0.15) is 0 Å². The van der Waals surface area contributed by atoms with E-state index in [1.807, 2.05) is 13.8 Å². The highest BCUT2D eigenvalue weighted by Gasteiger charge is 2.44. The highest BCUT2D eigenvalue weighted by molar-refractivity contribution is 8.14. The van der Waals surface area contributed by atoms with E-state index in [1.165, 1.54) is 12.8 Å². The van der Waals surface area contributed by atoms with Crippen LogP contribution in [0.1, 0.15) is 33.1 Å². The fourth-order valence-electron chi connectivity index (χ4n) is 3.33. The zero-order valence-electron chi connectivity index (χ0n) is 14.4. The van der Waals surface area contributed by atoms with Crippen molar-refractivity contribution in [3.05, 3.63) is 0 Å². The molecule has 2 saturated heterocycles. The number of amidine groups is 1. The first kappa shape index (κ1) is 17.8. The summed E-state index contributed by atoms with van der Waals surface area (Å²) >= 11 is 1.59. The van der Waals surface area contributed by atoms with E-state index in [9.17, 15) is 9.90 Å². The molecule has 0 aliphatic carbocycles. The molecule has 0 saturated carbocycles. The summed E-state index contributed by atoms with van der Waals surface area (Å²) < 4.78 is 11.4. The summed E-state index contributed by atoms with van der Waals surface area (Å²) in [5, 5.41) is 11.4. The van der Waals surface area contributed by atoms with E-state index >= 15 is 0 Å². The third-order valence-electron chi connectivity index (χ3n) is 4.78. The van der Waals surface area contributed by atoms with Gasteiger partial charge in [-0.3, -0.25) is 4.99 Å². The molecule has 8 heteroatoms. The van der Waals surface area contributed by atoms with Crippen LogP contribution in [0.25, 0.3) is 0 Å². The Morgan fingerprint density at radius 1 is 1.42 bits per heavy atom. The molecule has 0 radical (unpaired) electrons. The molecule has 0 aromatic carbocycles. The van der Waals surface area contributed by atoms with E-state index in [2.05, 4.69) is 9.89 Å². The predicted octanol–water partition coefficient (Wildman–Crippen LogP) is 1.51. The Morgan fingerprint density at radius 2 is 2.12 bits per heavy atom. The molecular weight excluding hydrogens is 330 g/mol. The van der Waals surface area contributed by atoms with Crippen LogP contribution in [0.4, 0.5) is 4.79 Å². The second-order valence-electron chi connectivity index (χ2n) is 6.39. The molecule has 3 rings (SSSR count). The molecule has 7 nitrogen and oxygen atoms in total. The van der Waals surface area contributed by atoms with Gasteiger partial charge in [-0.25, -0.2) is 4.79 Å². The average Bonchev–Trinajstić information content (AvgIpc) is 3.23. The molecule has 3 heterocycles. The third kappa shape index (κ3) is 3.81. The van der Waals surface area contributed by atoms with E-state index < -0.39 is 6.10 Å². The number of likely N-dealkylation sites (tertiary alicyclic amines) is 1. The predicted molar refractivity (Wildman–Crippen MR) is 93.2 cm³/mol. The van der Waals surface area contributed by atoms with Gasteiger partial charge in [0.05, 0.1) is 12.2 Å². The number of nitrogens with zero attached hydrogens (tertiary/aromatic N) is 3. The van der Waals surface area contributed by atoms with Gasteiger partial charge in [0.1, 0.15) is 18.1 Å². The lowest BCUT2D eigenvalue weighted by atomic mass is 10.0. The number of carbonyl (C=O) groups excluding carboxylic acids is 1. The summed E-state index contributed by atoms with van der Waals surface area (Å²) in [5.74, 6) is 0. The number of aliphatic hydroxyl groups excluding tert-OH is 1. The monoisotopic (exact) mass is 357 g/mol. The van der Waals surface area contributed by atoms with E-state index in [4.69, 9.17) is 9.47 Å². The molecule has 0 aromatic rings. The third-order valence-corrected chi connectivity index (χ3v) is 5.97. The number of thioether (sulfide) groups is 1. The zero-order valence-corrected chi connectivity index (χ0v) is 15.2. The minimum absolute atomic E-state index is 0.176. The first-order chi connectivity index (χ1) is 11.6. The number of carbonyl (C=O) groups is 1. The van der Waals surface area contributed by atoms with Crippen molar-refractivity contribution < 1.29 is 19.4 Å². The molecule has 3 aliphatic rings. The normalized spacial score (nSPS) is 32.5. The van der Waals surface area contributed by atoms with E-state index in [0.29, 0.717) is 19.5 Å². The first-order valence-electron chi connectivity index (χ1n) is 8.87. The maximum Gasteiger partial charge on any atom is 0.409 e. The van der Waals surface area contributed by atoms with Gasteiger partial charge < -0.3 is 24.4 Å². The molecule has 0 spiro atoms. The molecule has 3 aliphatic heterocycles. The number of hydrogen-bond acceptors (Lipinski definition) is 7. The van der Waals surface area contributed by atoms with Gasteiger partial charge in [-0.15, -0.1) is 0 Å². The SMILES string of the molecule is CCN(CC)C(=O)OC[C@@H]1C[C@H](O)[C@H]2N=C(N3CCCC3)S[C@H]2O1. The first-order valence-corrected chi connectivity index (χ1v) is 9.75. The number of hydrogen-bond donors (Lipinski definition) is 1. The largest absolute Gasteiger partial charge is 0.447 e. The van der Waals surface area contributed by atoms with Crippen LogP contribution in [0.3, 0.4) is 0 Å². The number of aliphatic imine (C=N–C) groups is 1. The Hall–Kier alpha value is -0.990. The van der Waals surface area contributed by atoms with Crippen molar-refractivity contribution in [1.29, 1.82) is 0 Å². The molecule has 0 unspecified atom stereocenters. The fourth-order valence-corrected chi connectivity index (χ4v) is 4.65. The number of ether oxygens (including phenoxy) is 2. The maximum absolute atomic E-state index is 11.9. The van der Waals surface area contributed by atoms with Crippen LogP contribution in [-0.4, -0.2) is 82.6 Å². The lowest BCUT2D eigenvalue weighted by Gasteiger charge is -2.34. The van der Waals surface area contributed by atoms with Crippen LogP contribution < -0.4 is 0 Å². The maximum atomic E-state index is 11.9. The van der Waals surface area contributed by atoms with Crippen molar-refractivity contribution in [1.82, 2.24) is 9.80 Å². The molecule has 0 bridgehead atoms. The van der Waals surface area contributed by atoms with Gasteiger partial charge >= 0.3 is 6.09 Å². The Kier molecular flexibility index (Phi) is 5.89. The fraction of sp³-hybridized carbons (Fsp3) is 0.875. The van der Waals surface area contributed by atoms with Crippen LogP contribution in [0.2, 0.25) is 0 Å². The van der Waals surface area contributed by atoms with E-state index in [1.54, 1.807) is 16.7 Å². The molecule has 1 amide bonds. The number of amides is 1. The average molecular weight is 357 g/mol. The van der Waals surface area contributed by atoms with Crippen molar-refractivity contribution in [3.8, 4) is 0 Å². The van der Waals surface area contributed by atoms with Gasteiger partial charge in [0.25, 0.3) is 0 Å². The van der Waals surface area contributed by atoms with E-state index in [0.717, 1.165) is 18.3 Å². The van der Waals surface area contributed by atoms with Gasteiger partial charge in [-0.1, -0.05) is 11.8 Å². The summed E-state index contributed by atoms with van der Waals surface area (Å²) in [7, 11) is 0. The number of aliphatic hydroxyl groups is 1. The topological polar surface area (TPSA) is 74.6 Å². The Labute approximate surface area is 147 Å². The molecule has 0 aromatic heterocycles. The lowest BCUT2D eigenvalue weighted by molar-refractivity contribution is -0.0908. The molecule has 24 heavy (non-hydrogen) atoms. The van der Waals surface area contributed by atoms with Crippen LogP contribution >= 0.6 is 11.8 Å². The van der Waals surface area contributed by atoms with Gasteiger partial charge in [0, 0.05) is 32.6 Å². The second kappa shape index (κ2) is 7.93. The molecule has 2 fully saturated rings. The van der Waals surface area contributed by atoms with Crippen LogP contribution in [0, 0.1) is 0 Å². The zero-order chi connectivity index (χ0) is 17.1. The highest BCUT2D eigenvalue weighted by Crippen LogP contribution is 2.38. The van der Waals surface area contributed by atoms with Crippen LogP contribution in [0.5, 0.6) is 0 Å². The summed E-state index contributed by atoms with van der Waals surface area (Å²) in [4.78, 5) is 20.5. The van der Waals surface area contributed by atoms with E-state index in [-0.39, 0.29) is 30.3 Å². The lowest BCUT2D eigenvalue weighted by Crippen LogP contribution is -2.46. The number of fused-ring (bicyclic) bond motifs is 1. The van der Waals surface area contributed by atoms with Crippen molar-refractivity contribution in [2.45, 2.75) is 56.8 Å². The summed E-state index contributed by atoms with van der Waals surface area (Å²) in [6.07, 6.45) is 1.69. The Balaban J connectivity index is 1.51. The summed E-state index contributed by atoms with van der Waals surface area (Å²) in [6, 6.07) is -0.208. The smallest absolute Gasteiger partial charge is 0.409 e. The molecular formula is C16H27N3O4S. The molecule has 1 N–H and O–H groups in total. The van der Waals surface area contributed by atoms with Crippen LogP contribution in [-0.2, 0) is 9.47 Å². The highest BCUT2D eigenvalue weighted by atomic mass is 32.2. The second-order valence-corrected chi connectivity index (χ2v) is 7.46. The minimum Gasteiger partial charge on any atom is -0.447 e. The summed E-state index contributed by atoms with van der Waals surface area (Å²) in [6.45, 7) is 7.33. The van der Waals surface area contributed by atoms with Crippen LogP contribution in [0.15, 0.2) is 4.99 Å². The summed E-state index contributed by atoms with van der Waals surface area (Å²) in [5.41, 5.74) is -0.179. The van der Waals surface area contributed by atoms with Crippen molar-refractivity contribution in [3.63, 3.8) is 0 Å². The van der Waals surface area contributed by atoms with Crippen molar-refractivity contribution in [2.75, 3.05) is 32.8 Å². The standard InChI is InChI=1S/C16H27N3O4S/c1-3-18(4-2)16(21)22-10-11-9-12(20)13-14(23-11)24-15(17-13)19-7-5-6-8-19/h11-14,20H,3-10H2,1-2H3/t11-,12-,13+,14+/m0/s1. The minimum atomic E-state index is -0.548. The number of rotatable bonds is 4. The Morgan fingerprint density at radius 3 is 2.79 bits per heavy atom. The molecule has 136 valence electrons. The van der Waals surface area contributed by atoms with Gasteiger partial charge in [0.2, 0.25) is 0 Å². The Bertz CT molecular complexity index is 480. The molecule has 4 atom stereocenters. The van der Waals surface area contributed by atoms with Gasteiger partial charge in [0.15, 0.2) is 5.17 Å².